The number of nitrogens with zero attached hydrogens (tertiary/aromatic N) is 1. The number of carbonyl (C=O) groups is 2. The van der Waals surface area contributed by atoms with Gasteiger partial charge in [-0.2, -0.15) is 0 Å². The van der Waals surface area contributed by atoms with Gasteiger partial charge in [0.05, 0.1) is 17.5 Å². The van der Waals surface area contributed by atoms with Gasteiger partial charge < -0.3 is 16.0 Å². The average molecular weight is 396 g/mol. The van der Waals surface area contributed by atoms with Crippen LogP contribution < -0.4 is 16.0 Å². The van der Waals surface area contributed by atoms with Crippen LogP contribution in [-0.4, -0.2) is 61.3 Å². The van der Waals surface area contributed by atoms with E-state index in [0.717, 1.165) is 0 Å². The molecule has 3 N–H and O–H groups in total. The van der Waals surface area contributed by atoms with Gasteiger partial charge in [0.15, 0.2) is 15.0 Å². The van der Waals surface area contributed by atoms with Gasteiger partial charge in [-0.1, -0.05) is 17.8 Å². The van der Waals surface area contributed by atoms with Crippen LogP contribution in [0.1, 0.15) is 17.3 Å². The number of aliphatic imine (C=N–C) groups is 1. The Morgan fingerprint density at radius 1 is 1.23 bits per heavy atom. The number of amidine groups is 1. The van der Waals surface area contributed by atoms with Gasteiger partial charge in [0.1, 0.15) is 0 Å². The number of anilines is 1. The standard InChI is InChI=1S/C16H20N4O4S2/c1-10(21)17-5-6-18-15(22)11-3-2-4-12(7-11)19-16-20-13-8-26(23,24)9-14(13)25-16/h2-4,7,13-14H,5-6,8-9H2,1H3,(H,17,21)(H,18,22)(H,19,20)/t13-,14+/m0/s1. The molecule has 0 saturated carbocycles. The summed E-state index contributed by atoms with van der Waals surface area (Å²) in [6, 6.07) is 6.80. The maximum Gasteiger partial charge on any atom is 0.251 e. The summed E-state index contributed by atoms with van der Waals surface area (Å²) in [7, 11) is -2.97. The molecule has 0 bridgehead atoms. The summed E-state index contributed by atoms with van der Waals surface area (Å²) >= 11 is 1.43. The zero-order valence-corrected chi connectivity index (χ0v) is 15.8. The van der Waals surface area contributed by atoms with E-state index >= 15 is 0 Å². The van der Waals surface area contributed by atoms with Crippen molar-refractivity contribution in [3.63, 3.8) is 0 Å². The number of benzene rings is 1. The van der Waals surface area contributed by atoms with Crippen LogP contribution in [0.3, 0.4) is 0 Å². The van der Waals surface area contributed by atoms with Gasteiger partial charge in [0, 0.05) is 36.5 Å². The van der Waals surface area contributed by atoms with E-state index in [-0.39, 0.29) is 34.6 Å². The summed E-state index contributed by atoms with van der Waals surface area (Å²) in [6.07, 6.45) is 0. The minimum atomic E-state index is -2.97. The fourth-order valence-corrected chi connectivity index (χ4v) is 6.47. The Bertz CT molecular complexity index is 854. The zero-order valence-electron chi connectivity index (χ0n) is 14.2. The number of nitrogens with one attached hydrogen (secondary N) is 3. The van der Waals surface area contributed by atoms with E-state index in [1.807, 2.05) is 6.07 Å². The van der Waals surface area contributed by atoms with Crippen LogP contribution in [0.25, 0.3) is 0 Å². The quantitative estimate of drug-likeness (QED) is 0.614. The summed E-state index contributed by atoms with van der Waals surface area (Å²) < 4.78 is 23.2. The predicted molar refractivity (Wildman–Crippen MR) is 102 cm³/mol. The van der Waals surface area contributed by atoms with Gasteiger partial charge in [0.25, 0.3) is 5.91 Å². The molecule has 2 aliphatic heterocycles. The van der Waals surface area contributed by atoms with Crippen LogP contribution in [0.4, 0.5) is 5.69 Å². The molecule has 1 aromatic rings. The molecule has 2 aliphatic rings. The van der Waals surface area contributed by atoms with E-state index < -0.39 is 9.84 Å². The Hall–Kier alpha value is -2.07. The van der Waals surface area contributed by atoms with Crippen LogP contribution in [0, 0.1) is 0 Å². The van der Waals surface area contributed by atoms with Crippen LogP contribution >= 0.6 is 11.8 Å². The molecule has 140 valence electrons. The Kier molecular flexibility index (Phi) is 5.52. The number of amides is 2. The van der Waals surface area contributed by atoms with E-state index in [0.29, 0.717) is 29.5 Å². The number of fused-ring (bicyclic) bond motifs is 1. The van der Waals surface area contributed by atoms with Crippen molar-refractivity contribution in [1.29, 1.82) is 0 Å². The largest absolute Gasteiger partial charge is 0.355 e. The number of rotatable bonds is 5. The molecular formula is C16H20N4O4S2. The molecule has 0 spiro atoms. The van der Waals surface area contributed by atoms with Gasteiger partial charge in [-0.25, -0.2) is 8.42 Å². The predicted octanol–water partition coefficient (Wildman–Crippen LogP) is 0.233. The lowest BCUT2D eigenvalue weighted by Gasteiger charge is -2.09. The highest BCUT2D eigenvalue weighted by molar-refractivity contribution is 8.15. The molecule has 0 aliphatic carbocycles. The first kappa shape index (κ1) is 18.7. The van der Waals surface area contributed by atoms with Crippen LogP contribution in [0.15, 0.2) is 29.3 Å². The van der Waals surface area contributed by atoms with Gasteiger partial charge in [-0.15, -0.1) is 0 Å². The van der Waals surface area contributed by atoms with Crippen molar-refractivity contribution in [2.45, 2.75) is 18.2 Å². The summed E-state index contributed by atoms with van der Waals surface area (Å²) in [5, 5.41) is 9.15. The summed E-state index contributed by atoms with van der Waals surface area (Å²) in [4.78, 5) is 27.4. The normalized spacial score (nSPS) is 23.0. The molecule has 2 atom stereocenters. The maximum atomic E-state index is 12.2. The third-order valence-corrected chi connectivity index (χ3v) is 7.12. The number of hydrogen-bond donors (Lipinski definition) is 3. The molecule has 1 saturated heterocycles. The van der Waals surface area contributed by atoms with Crippen molar-refractivity contribution in [2.24, 2.45) is 4.99 Å². The Morgan fingerprint density at radius 3 is 2.73 bits per heavy atom. The minimum absolute atomic E-state index is 0.0252. The highest BCUT2D eigenvalue weighted by Crippen LogP contribution is 2.34. The van der Waals surface area contributed by atoms with Gasteiger partial charge in [-0.3, -0.25) is 14.6 Å². The van der Waals surface area contributed by atoms with Gasteiger partial charge >= 0.3 is 0 Å². The SMILES string of the molecule is CC(=O)NCCNC(=O)c1cccc(NC2=N[C@H]3CS(=O)(=O)C[C@H]3S2)c1. The van der Waals surface area contributed by atoms with Crippen LogP contribution in [-0.2, 0) is 14.6 Å². The second kappa shape index (κ2) is 7.67. The monoisotopic (exact) mass is 396 g/mol. The molecule has 0 unspecified atom stereocenters. The fraction of sp³-hybridized carbons (Fsp3) is 0.438. The first-order valence-electron chi connectivity index (χ1n) is 8.17. The van der Waals surface area contributed by atoms with Crippen LogP contribution in [0.2, 0.25) is 0 Å². The molecule has 2 heterocycles. The molecule has 26 heavy (non-hydrogen) atoms. The number of sulfone groups is 1. The van der Waals surface area contributed by atoms with Crippen molar-refractivity contribution in [3.05, 3.63) is 29.8 Å². The Balaban J connectivity index is 1.56. The number of hydrogen-bond acceptors (Lipinski definition) is 7. The first-order valence-corrected chi connectivity index (χ1v) is 10.9. The van der Waals surface area contributed by atoms with Crippen molar-refractivity contribution in [3.8, 4) is 0 Å². The maximum absolute atomic E-state index is 12.2. The van der Waals surface area contributed by atoms with Crippen molar-refractivity contribution < 1.29 is 18.0 Å². The first-order chi connectivity index (χ1) is 12.3. The van der Waals surface area contributed by atoms with E-state index in [9.17, 15) is 18.0 Å². The molecule has 0 radical (unpaired) electrons. The smallest absolute Gasteiger partial charge is 0.251 e. The second-order valence-electron chi connectivity index (χ2n) is 6.18. The van der Waals surface area contributed by atoms with E-state index in [1.165, 1.54) is 18.7 Å². The molecule has 1 aromatic carbocycles. The summed E-state index contributed by atoms with van der Waals surface area (Å²) in [5.74, 6) is -0.110. The van der Waals surface area contributed by atoms with E-state index in [2.05, 4.69) is 20.9 Å². The Morgan fingerprint density at radius 2 is 2.00 bits per heavy atom. The molecule has 2 amide bonds. The summed E-state index contributed by atoms with van der Waals surface area (Å²) in [6.45, 7) is 2.14. The summed E-state index contributed by atoms with van der Waals surface area (Å²) in [5.41, 5.74) is 1.21. The van der Waals surface area contributed by atoms with Crippen molar-refractivity contribution in [1.82, 2.24) is 10.6 Å². The molecular weight excluding hydrogens is 376 g/mol. The third-order valence-electron chi connectivity index (χ3n) is 3.98. The second-order valence-corrected chi connectivity index (χ2v) is 9.56. The zero-order chi connectivity index (χ0) is 18.7. The highest BCUT2D eigenvalue weighted by Gasteiger charge is 2.42. The molecule has 8 nitrogen and oxygen atoms in total. The topological polar surface area (TPSA) is 117 Å². The van der Waals surface area contributed by atoms with Crippen molar-refractivity contribution in [2.75, 3.05) is 29.9 Å². The highest BCUT2D eigenvalue weighted by atomic mass is 32.2. The lowest BCUT2D eigenvalue weighted by molar-refractivity contribution is -0.118. The molecule has 1 fully saturated rings. The minimum Gasteiger partial charge on any atom is -0.355 e. The van der Waals surface area contributed by atoms with Gasteiger partial charge in [0.2, 0.25) is 5.91 Å². The molecule has 0 aromatic heterocycles. The number of thioether (sulfide) groups is 1. The third kappa shape index (κ3) is 4.76. The number of carbonyl (C=O) groups excluding carboxylic acids is 2. The van der Waals surface area contributed by atoms with Gasteiger partial charge in [-0.05, 0) is 18.2 Å². The Labute approximate surface area is 156 Å². The van der Waals surface area contributed by atoms with Crippen LogP contribution in [0.5, 0.6) is 0 Å². The molecule has 10 heteroatoms. The lowest BCUT2D eigenvalue weighted by Crippen LogP contribution is -2.33. The lowest BCUT2D eigenvalue weighted by atomic mass is 10.2. The van der Waals surface area contributed by atoms with Crippen molar-refractivity contribution >= 4 is 44.3 Å². The fourth-order valence-electron chi connectivity index (χ4n) is 2.79. The van der Waals surface area contributed by atoms with E-state index in [1.54, 1.807) is 18.2 Å². The van der Waals surface area contributed by atoms with E-state index in [4.69, 9.17) is 0 Å². The average Bonchev–Trinajstić information content (AvgIpc) is 3.04. The molecule has 3 rings (SSSR count).